The monoisotopic (exact) mass is 509 g/mol. The van der Waals surface area contributed by atoms with Gasteiger partial charge in [0.2, 0.25) is 0 Å². The molecule has 0 atom stereocenters. The number of hydrogen-bond acceptors (Lipinski definition) is 8. The van der Waals surface area contributed by atoms with Crippen molar-refractivity contribution in [2.75, 3.05) is 50.6 Å². The van der Waals surface area contributed by atoms with Gasteiger partial charge in [-0.05, 0) is 55.9 Å². The number of benzene rings is 2. The smallest absolute Gasteiger partial charge is 0.315 e. The molecule has 0 spiro atoms. The Bertz CT molecular complexity index is 1210. The maximum Gasteiger partial charge on any atom is 0.315 e. The number of methoxy groups -OCH3 is 1. The van der Waals surface area contributed by atoms with Crippen molar-refractivity contribution in [3.05, 3.63) is 53.8 Å². The molecule has 2 aromatic carbocycles. The SMILES string of the molecule is COc1cc(NC(=O)c2ccccc2F)ccc1-c1nnc(N[C@H]2CC[C@H](CN3CCOCC3)CC2)o1. The highest BCUT2D eigenvalue weighted by Gasteiger charge is 2.25. The first kappa shape index (κ1) is 25.2. The number of carbonyl (C=O) groups is 1. The van der Waals surface area contributed by atoms with E-state index in [0.717, 1.165) is 51.6 Å². The van der Waals surface area contributed by atoms with Crippen LogP contribution in [0.4, 0.5) is 16.1 Å². The molecule has 0 radical (unpaired) electrons. The van der Waals surface area contributed by atoms with E-state index in [2.05, 4.69) is 25.7 Å². The maximum atomic E-state index is 13.9. The summed E-state index contributed by atoms with van der Waals surface area (Å²) < 4.78 is 30.8. The van der Waals surface area contributed by atoms with E-state index in [1.54, 1.807) is 24.3 Å². The van der Waals surface area contributed by atoms with E-state index in [4.69, 9.17) is 13.9 Å². The van der Waals surface area contributed by atoms with E-state index < -0.39 is 11.7 Å². The number of ether oxygens (including phenoxy) is 2. The average Bonchev–Trinajstić information content (AvgIpc) is 3.38. The number of anilines is 2. The normalized spacial score (nSPS) is 20.4. The molecule has 0 bridgehead atoms. The Labute approximate surface area is 215 Å². The van der Waals surface area contributed by atoms with Crippen LogP contribution in [-0.2, 0) is 4.74 Å². The highest BCUT2D eigenvalue weighted by molar-refractivity contribution is 6.04. The fourth-order valence-corrected chi connectivity index (χ4v) is 4.99. The lowest BCUT2D eigenvalue weighted by Crippen LogP contribution is -2.40. The van der Waals surface area contributed by atoms with Gasteiger partial charge in [-0.1, -0.05) is 17.2 Å². The van der Waals surface area contributed by atoms with Crippen LogP contribution < -0.4 is 15.4 Å². The van der Waals surface area contributed by atoms with Crippen molar-refractivity contribution in [1.29, 1.82) is 0 Å². The topological polar surface area (TPSA) is 102 Å². The van der Waals surface area contributed by atoms with Crippen molar-refractivity contribution in [1.82, 2.24) is 15.1 Å². The number of rotatable bonds is 8. The standard InChI is InChI=1S/C27H32FN5O4/c1-35-24-16-20(29-25(34)21-4-2-3-5-23(21)28)10-11-22(24)26-31-32-27(37-26)30-19-8-6-18(7-9-19)17-33-12-14-36-15-13-33/h2-5,10-11,16,18-19H,6-9,12-15,17H2,1H3,(H,29,34)(H,30,32)/t18-,19-. The molecule has 2 aliphatic rings. The van der Waals surface area contributed by atoms with Gasteiger partial charge in [-0.15, -0.1) is 5.10 Å². The van der Waals surface area contributed by atoms with Crippen molar-refractivity contribution >= 4 is 17.6 Å². The van der Waals surface area contributed by atoms with E-state index >= 15 is 0 Å². The summed E-state index contributed by atoms with van der Waals surface area (Å²) in [4.78, 5) is 15.0. The number of hydrogen-bond donors (Lipinski definition) is 2. The molecule has 5 rings (SSSR count). The second-order valence-electron chi connectivity index (χ2n) is 9.54. The molecule has 1 aromatic heterocycles. The molecule has 10 heteroatoms. The lowest BCUT2D eigenvalue weighted by molar-refractivity contribution is 0.0276. The Balaban J connectivity index is 1.18. The van der Waals surface area contributed by atoms with Gasteiger partial charge in [-0.3, -0.25) is 9.69 Å². The summed E-state index contributed by atoms with van der Waals surface area (Å²) in [6, 6.07) is 11.6. The van der Waals surface area contributed by atoms with Gasteiger partial charge in [0.25, 0.3) is 11.8 Å². The van der Waals surface area contributed by atoms with Gasteiger partial charge < -0.3 is 24.5 Å². The lowest BCUT2D eigenvalue weighted by Gasteiger charge is -2.34. The minimum Gasteiger partial charge on any atom is -0.496 e. The largest absolute Gasteiger partial charge is 0.496 e. The summed E-state index contributed by atoms with van der Waals surface area (Å²) in [5.74, 6) is 0.352. The summed E-state index contributed by atoms with van der Waals surface area (Å²) in [6.07, 6.45) is 4.46. The third-order valence-electron chi connectivity index (χ3n) is 7.03. The van der Waals surface area contributed by atoms with Crippen molar-refractivity contribution in [3.8, 4) is 17.2 Å². The van der Waals surface area contributed by atoms with E-state index in [0.29, 0.717) is 34.9 Å². The number of aromatic nitrogens is 2. The van der Waals surface area contributed by atoms with Crippen LogP contribution in [0, 0.1) is 11.7 Å². The first-order valence-electron chi connectivity index (χ1n) is 12.7. The van der Waals surface area contributed by atoms with Crippen LogP contribution in [0.25, 0.3) is 11.5 Å². The molecule has 1 aliphatic heterocycles. The molecule has 3 aromatic rings. The van der Waals surface area contributed by atoms with Gasteiger partial charge in [-0.2, -0.15) is 0 Å². The molecule has 1 amide bonds. The van der Waals surface area contributed by atoms with Gasteiger partial charge in [0.05, 0.1) is 31.5 Å². The van der Waals surface area contributed by atoms with E-state index in [9.17, 15) is 9.18 Å². The number of carbonyl (C=O) groups excluding carboxylic acids is 1. The van der Waals surface area contributed by atoms with Gasteiger partial charge in [0.15, 0.2) is 0 Å². The van der Waals surface area contributed by atoms with Crippen LogP contribution >= 0.6 is 0 Å². The molecule has 2 heterocycles. The molecule has 37 heavy (non-hydrogen) atoms. The molecule has 196 valence electrons. The van der Waals surface area contributed by atoms with Crippen molar-refractivity contribution in [2.45, 2.75) is 31.7 Å². The predicted molar refractivity (Wildman–Crippen MR) is 137 cm³/mol. The average molecular weight is 510 g/mol. The molecule has 9 nitrogen and oxygen atoms in total. The quantitative estimate of drug-likeness (QED) is 0.460. The number of amides is 1. The summed E-state index contributed by atoms with van der Waals surface area (Å²) in [5.41, 5.74) is 1.02. The minimum atomic E-state index is -0.583. The zero-order valence-corrected chi connectivity index (χ0v) is 20.9. The fraction of sp³-hybridized carbons (Fsp3) is 0.444. The Hall–Kier alpha value is -3.50. The molecule has 0 unspecified atom stereocenters. The first-order valence-corrected chi connectivity index (χ1v) is 12.7. The highest BCUT2D eigenvalue weighted by atomic mass is 19.1. The second-order valence-corrected chi connectivity index (χ2v) is 9.54. The Morgan fingerprint density at radius 3 is 2.65 bits per heavy atom. The van der Waals surface area contributed by atoms with E-state index in [1.807, 2.05) is 0 Å². The summed E-state index contributed by atoms with van der Waals surface area (Å²) >= 11 is 0. The van der Waals surface area contributed by atoms with Crippen LogP contribution in [0.1, 0.15) is 36.0 Å². The third kappa shape index (κ3) is 6.26. The highest BCUT2D eigenvalue weighted by Crippen LogP contribution is 2.33. The third-order valence-corrected chi connectivity index (χ3v) is 7.03. The van der Waals surface area contributed by atoms with Crippen LogP contribution in [0.15, 0.2) is 46.9 Å². The Morgan fingerprint density at radius 2 is 1.89 bits per heavy atom. The van der Waals surface area contributed by atoms with Crippen LogP contribution in [0.5, 0.6) is 5.75 Å². The number of nitrogens with one attached hydrogen (secondary N) is 2. The molecule has 1 saturated carbocycles. The fourth-order valence-electron chi connectivity index (χ4n) is 4.99. The number of morpholine rings is 1. The molecule has 2 N–H and O–H groups in total. The summed E-state index contributed by atoms with van der Waals surface area (Å²) in [5, 5.41) is 14.4. The van der Waals surface area contributed by atoms with Crippen molar-refractivity contribution in [2.24, 2.45) is 5.92 Å². The van der Waals surface area contributed by atoms with Crippen LogP contribution in [-0.4, -0.2) is 67.0 Å². The summed E-state index contributed by atoms with van der Waals surface area (Å²) in [6.45, 7) is 4.90. The number of nitrogens with zero attached hydrogens (tertiary/aromatic N) is 3. The van der Waals surface area contributed by atoms with Crippen molar-refractivity contribution < 1.29 is 23.1 Å². The lowest BCUT2D eigenvalue weighted by atomic mass is 9.85. The van der Waals surface area contributed by atoms with Gasteiger partial charge >= 0.3 is 6.01 Å². The van der Waals surface area contributed by atoms with Gasteiger partial charge in [0.1, 0.15) is 11.6 Å². The minimum absolute atomic E-state index is 0.0340. The molecular formula is C27H32FN5O4. The van der Waals surface area contributed by atoms with E-state index in [-0.39, 0.29) is 5.56 Å². The molecular weight excluding hydrogens is 477 g/mol. The number of halogens is 1. The molecule has 1 aliphatic carbocycles. The molecule has 2 fully saturated rings. The van der Waals surface area contributed by atoms with Gasteiger partial charge in [0, 0.05) is 37.4 Å². The van der Waals surface area contributed by atoms with Crippen molar-refractivity contribution in [3.63, 3.8) is 0 Å². The summed E-state index contributed by atoms with van der Waals surface area (Å²) in [7, 11) is 1.52. The van der Waals surface area contributed by atoms with Crippen LogP contribution in [0.2, 0.25) is 0 Å². The zero-order valence-electron chi connectivity index (χ0n) is 20.9. The first-order chi connectivity index (χ1) is 18.1. The van der Waals surface area contributed by atoms with E-state index in [1.165, 1.54) is 38.2 Å². The Kier molecular flexibility index (Phi) is 7.96. The second kappa shape index (κ2) is 11.7. The van der Waals surface area contributed by atoms with Crippen LogP contribution in [0.3, 0.4) is 0 Å². The predicted octanol–water partition coefficient (Wildman–Crippen LogP) is 4.44. The maximum absolute atomic E-state index is 13.9. The zero-order chi connectivity index (χ0) is 25.6. The van der Waals surface area contributed by atoms with Gasteiger partial charge in [-0.25, -0.2) is 4.39 Å². The molecule has 1 saturated heterocycles. The Morgan fingerprint density at radius 1 is 1.11 bits per heavy atom.